The number of halogens is 2. The van der Waals surface area contributed by atoms with Gasteiger partial charge in [-0.2, -0.15) is 0 Å². The minimum atomic E-state index is -0.489. The van der Waals surface area contributed by atoms with Crippen LogP contribution in [-0.4, -0.2) is 16.1 Å². The first-order chi connectivity index (χ1) is 8.22. The molecule has 0 spiro atoms. The number of benzene rings is 1. The van der Waals surface area contributed by atoms with Crippen LogP contribution < -0.4 is 5.32 Å². The molecule has 0 aliphatic carbocycles. The lowest BCUT2D eigenvalue weighted by atomic mass is 10.1. The molecule has 1 heterocycles. The predicted molar refractivity (Wildman–Crippen MR) is 62.6 cm³/mol. The Morgan fingerprint density at radius 3 is 2.94 bits per heavy atom. The fraction of sp³-hybridized carbons (Fsp3) is 0.273. The third-order valence-corrected chi connectivity index (χ3v) is 3.00. The normalized spacial score (nSPS) is 10.8. The lowest BCUT2D eigenvalue weighted by molar-refractivity contribution is 0.602. The second-order valence-corrected chi connectivity index (χ2v) is 4.29. The minimum absolute atomic E-state index is 0.159. The van der Waals surface area contributed by atoms with Crippen molar-refractivity contribution >= 4 is 11.5 Å². The maximum absolute atomic E-state index is 13.6. The standard InChI is InChI=1S/C11H11F2N3S/c1-2-14-6-10-11(15-16-17-10)8-5-7(12)3-4-9(8)13/h3-5,14H,2,6H2,1H3. The second-order valence-electron chi connectivity index (χ2n) is 3.45. The molecule has 90 valence electrons. The van der Waals surface area contributed by atoms with Crippen LogP contribution in [0, 0.1) is 11.6 Å². The first-order valence-electron chi connectivity index (χ1n) is 5.19. The quantitative estimate of drug-likeness (QED) is 0.912. The molecule has 0 saturated heterocycles. The van der Waals surface area contributed by atoms with E-state index in [4.69, 9.17) is 0 Å². The Morgan fingerprint density at radius 2 is 2.18 bits per heavy atom. The van der Waals surface area contributed by atoms with Crippen LogP contribution in [0.1, 0.15) is 11.8 Å². The van der Waals surface area contributed by atoms with E-state index in [1.54, 1.807) is 0 Å². The summed E-state index contributed by atoms with van der Waals surface area (Å²) in [5, 5.41) is 6.97. The molecule has 1 N–H and O–H groups in total. The summed E-state index contributed by atoms with van der Waals surface area (Å²) in [4.78, 5) is 0.802. The van der Waals surface area contributed by atoms with Crippen LogP contribution >= 0.6 is 11.5 Å². The molecular weight excluding hydrogens is 244 g/mol. The van der Waals surface area contributed by atoms with E-state index in [1.165, 1.54) is 11.5 Å². The molecule has 0 bridgehead atoms. The lowest BCUT2D eigenvalue weighted by Crippen LogP contribution is -2.11. The number of aromatic nitrogens is 2. The molecule has 2 aromatic rings. The van der Waals surface area contributed by atoms with Crippen LogP contribution in [-0.2, 0) is 6.54 Å². The van der Waals surface area contributed by atoms with E-state index in [1.807, 2.05) is 6.92 Å². The lowest BCUT2D eigenvalue weighted by Gasteiger charge is -2.03. The Kier molecular flexibility index (Phi) is 3.75. The summed E-state index contributed by atoms with van der Waals surface area (Å²) in [6, 6.07) is 3.32. The first kappa shape index (κ1) is 12.1. The number of nitrogens with zero attached hydrogens (tertiary/aromatic N) is 2. The average molecular weight is 255 g/mol. The molecule has 0 unspecified atom stereocenters. The highest BCUT2D eigenvalue weighted by Crippen LogP contribution is 2.26. The van der Waals surface area contributed by atoms with Gasteiger partial charge in [-0.15, -0.1) is 5.10 Å². The summed E-state index contributed by atoms with van der Waals surface area (Å²) >= 11 is 1.19. The van der Waals surface area contributed by atoms with Crippen molar-refractivity contribution in [2.75, 3.05) is 6.54 Å². The van der Waals surface area contributed by atoms with Gasteiger partial charge in [0.15, 0.2) is 0 Å². The first-order valence-corrected chi connectivity index (χ1v) is 5.97. The Hall–Kier alpha value is -1.40. The van der Waals surface area contributed by atoms with Gasteiger partial charge in [0, 0.05) is 12.1 Å². The van der Waals surface area contributed by atoms with Crippen molar-refractivity contribution in [1.29, 1.82) is 0 Å². The molecule has 6 heteroatoms. The van der Waals surface area contributed by atoms with Gasteiger partial charge in [-0.3, -0.25) is 0 Å². The van der Waals surface area contributed by atoms with Crippen molar-refractivity contribution < 1.29 is 8.78 Å². The van der Waals surface area contributed by atoms with Gasteiger partial charge in [-0.05, 0) is 36.3 Å². The topological polar surface area (TPSA) is 37.8 Å². The van der Waals surface area contributed by atoms with Crippen LogP contribution in [0.5, 0.6) is 0 Å². The maximum Gasteiger partial charge on any atom is 0.132 e. The molecule has 1 aromatic carbocycles. The van der Waals surface area contributed by atoms with Crippen molar-refractivity contribution in [3.8, 4) is 11.3 Å². The van der Waals surface area contributed by atoms with Crippen molar-refractivity contribution in [3.05, 3.63) is 34.7 Å². The summed E-state index contributed by atoms with van der Waals surface area (Å²) in [5.41, 5.74) is 0.569. The van der Waals surface area contributed by atoms with Crippen LogP contribution in [0.2, 0.25) is 0 Å². The molecule has 2 rings (SSSR count). The number of hydrogen-bond acceptors (Lipinski definition) is 4. The van der Waals surface area contributed by atoms with Gasteiger partial charge in [0.05, 0.1) is 4.88 Å². The third kappa shape index (κ3) is 2.65. The zero-order valence-electron chi connectivity index (χ0n) is 9.20. The third-order valence-electron chi connectivity index (χ3n) is 2.28. The molecule has 0 radical (unpaired) electrons. The Balaban J connectivity index is 2.38. The van der Waals surface area contributed by atoms with E-state index in [-0.39, 0.29) is 5.56 Å². The summed E-state index contributed by atoms with van der Waals surface area (Å²) < 4.78 is 30.5. The number of rotatable bonds is 4. The molecule has 0 aliphatic rings. The fourth-order valence-electron chi connectivity index (χ4n) is 1.45. The SMILES string of the molecule is CCNCc1snnc1-c1cc(F)ccc1F. The van der Waals surface area contributed by atoms with Gasteiger partial charge < -0.3 is 5.32 Å². The van der Waals surface area contributed by atoms with Crippen molar-refractivity contribution in [2.45, 2.75) is 13.5 Å². The van der Waals surface area contributed by atoms with Crippen molar-refractivity contribution in [3.63, 3.8) is 0 Å². The summed E-state index contributed by atoms with van der Waals surface area (Å²) in [5.74, 6) is -0.972. The Morgan fingerprint density at radius 1 is 1.35 bits per heavy atom. The van der Waals surface area contributed by atoms with Gasteiger partial charge in [0.25, 0.3) is 0 Å². The highest BCUT2D eigenvalue weighted by atomic mass is 32.1. The highest BCUT2D eigenvalue weighted by Gasteiger charge is 2.14. The largest absolute Gasteiger partial charge is 0.312 e. The molecule has 0 atom stereocenters. The van der Waals surface area contributed by atoms with Crippen LogP contribution in [0.4, 0.5) is 8.78 Å². The number of nitrogens with one attached hydrogen (secondary N) is 1. The second kappa shape index (κ2) is 5.29. The van der Waals surface area contributed by atoms with Crippen LogP contribution in [0.25, 0.3) is 11.3 Å². The summed E-state index contributed by atoms with van der Waals surface area (Å²) in [6.07, 6.45) is 0. The molecule has 1 aromatic heterocycles. The predicted octanol–water partition coefficient (Wildman–Crippen LogP) is 2.59. The maximum atomic E-state index is 13.6. The van der Waals surface area contributed by atoms with E-state index < -0.39 is 11.6 Å². The summed E-state index contributed by atoms with van der Waals surface area (Å²) in [7, 11) is 0. The molecular formula is C11H11F2N3S. The molecule has 0 saturated carbocycles. The van der Waals surface area contributed by atoms with Gasteiger partial charge >= 0.3 is 0 Å². The molecule has 0 amide bonds. The number of hydrogen-bond donors (Lipinski definition) is 1. The van der Waals surface area contributed by atoms with E-state index in [0.29, 0.717) is 12.2 Å². The smallest absolute Gasteiger partial charge is 0.132 e. The van der Waals surface area contributed by atoms with Gasteiger partial charge in [-0.25, -0.2) is 8.78 Å². The molecule has 0 aliphatic heterocycles. The Labute approximate surface area is 102 Å². The van der Waals surface area contributed by atoms with E-state index in [0.717, 1.165) is 29.6 Å². The van der Waals surface area contributed by atoms with Crippen molar-refractivity contribution in [1.82, 2.24) is 14.9 Å². The zero-order chi connectivity index (χ0) is 12.3. The van der Waals surface area contributed by atoms with Crippen LogP contribution in [0.15, 0.2) is 18.2 Å². The van der Waals surface area contributed by atoms with E-state index >= 15 is 0 Å². The Bertz CT molecular complexity index is 513. The minimum Gasteiger partial charge on any atom is -0.312 e. The van der Waals surface area contributed by atoms with Crippen LogP contribution in [0.3, 0.4) is 0 Å². The average Bonchev–Trinajstić information content (AvgIpc) is 2.77. The molecule has 17 heavy (non-hydrogen) atoms. The van der Waals surface area contributed by atoms with Gasteiger partial charge in [-0.1, -0.05) is 11.4 Å². The van der Waals surface area contributed by atoms with Gasteiger partial charge in [0.2, 0.25) is 0 Å². The zero-order valence-corrected chi connectivity index (χ0v) is 10.0. The summed E-state index contributed by atoms with van der Waals surface area (Å²) in [6.45, 7) is 3.32. The fourth-order valence-corrected chi connectivity index (χ4v) is 2.07. The van der Waals surface area contributed by atoms with E-state index in [9.17, 15) is 8.78 Å². The monoisotopic (exact) mass is 255 g/mol. The van der Waals surface area contributed by atoms with Crippen molar-refractivity contribution in [2.24, 2.45) is 0 Å². The molecule has 0 fully saturated rings. The van der Waals surface area contributed by atoms with Gasteiger partial charge in [0.1, 0.15) is 17.3 Å². The molecule has 3 nitrogen and oxygen atoms in total. The van der Waals surface area contributed by atoms with E-state index in [2.05, 4.69) is 14.9 Å². The highest BCUT2D eigenvalue weighted by molar-refractivity contribution is 7.05.